The van der Waals surface area contributed by atoms with E-state index in [4.69, 9.17) is 32.7 Å². The molecule has 0 heterocycles. The smallest absolute Gasteiger partial charge is 0.344 e. The average molecular weight is 417 g/mol. The van der Waals surface area contributed by atoms with Crippen LogP contribution in [0.15, 0.2) is 18.2 Å². The molecule has 0 spiro atoms. The molecule has 2 rings (SSSR count). The molecule has 0 aliphatic heterocycles. The van der Waals surface area contributed by atoms with E-state index in [1.54, 1.807) is 6.07 Å². The van der Waals surface area contributed by atoms with Crippen LogP contribution in [0.4, 0.5) is 4.79 Å². The molecule has 1 aromatic rings. The number of urea groups is 1. The first-order chi connectivity index (χ1) is 12.8. The van der Waals surface area contributed by atoms with E-state index in [0.717, 1.165) is 25.7 Å². The van der Waals surface area contributed by atoms with E-state index in [1.807, 2.05) is 0 Å². The molecule has 148 valence electrons. The highest BCUT2D eigenvalue weighted by molar-refractivity contribution is 6.35. The van der Waals surface area contributed by atoms with Gasteiger partial charge in [-0.05, 0) is 37.0 Å². The van der Waals surface area contributed by atoms with Crippen LogP contribution in [0.1, 0.15) is 32.6 Å². The maximum atomic E-state index is 11.9. The molecule has 1 aliphatic rings. The standard InChI is InChI=1S/C18H22Cl2N2O5/c1-11-4-2-3-5-14(11)21-18(25)22-16(23)9-27-17(24)10-26-15-7-6-12(19)8-13(15)20/h6-8,11,14H,2-5,9-10H2,1H3,(H2,21,22,23,25)/t11-,14+/m0/s1. The Labute approximate surface area is 167 Å². The summed E-state index contributed by atoms with van der Waals surface area (Å²) in [5.41, 5.74) is 0. The second-order valence-electron chi connectivity index (χ2n) is 6.41. The first kappa shape index (κ1) is 21.3. The van der Waals surface area contributed by atoms with Crippen LogP contribution in [0, 0.1) is 5.92 Å². The van der Waals surface area contributed by atoms with Gasteiger partial charge in [0.1, 0.15) is 5.75 Å². The quantitative estimate of drug-likeness (QED) is 0.693. The third-order valence-corrected chi connectivity index (χ3v) is 4.82. The summed E-state index contributed by atoms with van der Waals surface area (Å²) in [5, 5.41) is 5.62. The lowest BCUT2D eigenvalue weighted by Crippen LogP contribution is -2.48. The van der Waals surface area contributed by atoms with Crippen LogP contribution in [0.3, 0.4) is 0 Å². The minimum Gasteiger partial charge on any atom is -0.480 e. The van der Waals surface area contributed by atoms with Gasteiger partial charge < -0.3 is 14.8 Å². The van der Waals surface area contributed by atoms with Crippen molar-refractivity contribution in [3.8, 4) is 5.75 Å². The number of hydrogen-bond donors (Lipinski definition) is 2. The number of imide groups is 1. The molecule has 1 aliphatic carbocycles. The van der Waals surface area contributed by atoms with Crippen molar-refractivity contribution in [2.75, 3.05) is 13.2 Å². The van der Waals surface area contributed by atoms with E-state index in [1.165, 1.54) is 12.1 Å². The van der Waals surface area contributed by atoms with Crippen molar-refractivity contribution in [1.29, 1.82) is 0 Å². The normalized spacial score (nSPS) is 19.1. The predicted molar refractivity (Wildman–Crippen MR) is 101 cm³/mol. The van der Waals surface area contributed by atoms with Gasteiger partial charge in [0, 0.05) is 11.1 Å². The van der Waals surface area contributed by atoms with Crippen molar-refractivity contribution >= 4 is 41.1 Å². The molecule has 0 bridgehead atoms. The molecular formula is C18H22Cl2N2O5. The average Bonchev–Trinajstić information content (AvgIpc) is 2.61. The Kier molecular flexibility index (Phi) is 8.19. The van der Waals surface area contributed by atoms with Crippen LogP contribution in [0.5, 0.6) is 5.75 Å². The fraction of sp³-hybridized carbons (Fsp3) is 0.500. The number of amides is 3. The van der Waals surface area contributed by atoms with Crippen molar-refractivity contribution in [3.05, 3.63) is 28.2 Å². The van der Waals surface area contributed by atoms with Gasteiger partial charge in [-0.15, -0.1) is 0 Å². The summed E-state index contributed by atoms with van der Waals surface area (Å²) < 4.78 is 9.98. The fourth-order valence-electron chi connectivity index (χ4n) is 2.81. The predicted octanol–water partition coefficient (Wildman–Crippen LogP) is 3.32. The maximum Gasteiger partial charge on any atom is 0.344 e. The first-order valence-electron chi connectivity index (χ1n) is 8.69. The van der Waals surface area contributed by atoms with Crippen molar-refractivity contribution in [1.82, 2.24) is 10.6 Å². The Bertz CT molecular complexity index is 698. The Morgan fingerprint density at radius 1 is 1.15 bits per heavy atom. The van der Waals surface area contributed by atoms with Gasteiger partial charge in [0.2, 0.25) is 0 Å². The lowest BCUT2D eigenvalue weighted by molar-refractivity contribution is -0.150. The first-order valence-corrected chi connectivity index (χ1v) is 9.44. The molecule has 1 aromatic carbocycles. The Morgan fingerprint density at radius 3 is 2.59 bits per heavy atom. The monoisotopic (exact) mass is 416 g/mol. The summed E-state index contributed by atoms with van der Waals surface area (Å²) in [4.78, 5) is 35.2. The van der Waals surface area contributed by atoms with E-state index in [-0.39, 0.29) is 16.8 Å². The highest BCUT2D eigenvalue weighted by Gasteiger charge is 2.23. The zero-order valence-electron chi connectivity index (χ0n) is 14.9. The van der Waals surface area contributed by atoms with Gasteiger partial charge in [0.15, 0.2) is 13.2 Å². The van der Waals surface area contributed by atoms with Crippen LogP contribution in [0.25, 0.3) is 0 Å². The topological polar surface area (TPSA) is 93.7 Å². The van der Waals surface area contributed by atoms with Crippen molar-refractivity contribution < 1.29 is 23.9 Å². The molecule has 1 fully saturated rings. The Hall–Kier alpha value is -1.99. The van der Waals surface area contributed by atoms with E-state index >= 15 is 0 Å². The number of ether oxygens (including phenoxy) is 2. The molecule has 9 heteroatoms. The van der Waals surface area contributed by atoms with Crippen LogP contribution >= 0.6 is 23.2 Å². The van der Waals surface area contributed by atoms with Gasteiger partial charge >= 0.3 is 12.0 Å². The van der Waals surface area contributed by atoms with Gasteiger partial charge in [-0.25, -0.2) is 9.59 Å². The van der Waals surface area contributed by atoms with E-state index in [0.29, 0.717) is 10.9 Å². The number of esters is 1. The molecule has 2 atom stereocenters. The SMILES string of the molecule is C[C@H]1CCCC[C@H]1NC(=O)NC(=O)COC(=O)COc1ccc(Cl)cc1Cl. The summed E-state index contributed by atoms with van der Waals surface area (Å²) in [6.07, 6.45) is 4.15. The number of benzene rings is 1. The van der Waals surface area contributed by atoms with Crippen molar-refractivity contribution in [2.45, 2.75) is 38.6 Å². The molecule has 3 amide bonds. The van der Waals surface area contributed by atoms with Crippen molar-refractivity contribution in [3.63, 3.8) is 0 Å². The van der Waals surface area contributed by atoms with Crippen LogP contribution in [0.2, 0.25) is 10.0 Å². The third-order valence-electron chi connectivity index (χ3n) is 4.28. The highest BCUT2D eigenvalue weighted by Crippen LogP contribution is 2.27. The molecule has 7 nitrogen and oxygen atoms in total. The van der Waals surface area contributed by atoms with Gasteiger partial charge in [0.05, 0.1) is 5.02 Å². The van der Waals surface area contributed by atoms with E-state index in [9.17, 15) is 14.4 Å². The highest BCUT2D eigenvalue weighted by atomic mass is 35.5. The van der Waals surface area contributed by atoms with Crippen molar-refractivity contribution in [2.24, 2.45) is 5.92 Å². The lowest BCUT2D eigenvalue weighted by atomic mass is 9.86. The van der Waals surface area contributed by atoms with E-state index in [2.05, 4.69) is 17.6 Å². The molecule has 0 radical (unpaired) electrons. The molecule has 27 heavy (non-hydrogen) atoms. The largest absolute Gasteiger partial charge is 0.480 e. The molecule has 2 N–H and O–H groups in total. The minimum atomic E-state index is -0.766. The third kappa shape index (κ3) is 7.27. The zero-order chi connectivity index (χ0) is 19.8. The minimum absolute atomic E-state index is 0.0478. The molecular weight excluding hydrogens is 395 g/mol. The number of nitrogens with one attached hydrogen (secondary N) is 2. The Morgan fingerprint density at radius 2 is 1.89 bits per heavy atom. The second kappa shape index (κ2) is 10.4. The number of halogens is 2. The number of rotatable bonds is 6. The summed E-state index contributed by atoms with van der Waals surface area (Å²) in [6.45, 7) is 1.06. The molecule has 0 unspecified atom stereocenters. The van der Waals surface area contributed by atoms with Gasteiger partial charge in [-0.3, -0.25) is 10.1 Å². The van der Waals surface area contributed by atoms with Gasteiger partial charge in [-0.1, -0.05) is 43.0 Å². The van der Waals surface area contributed by atoms with Gasteiger partial charge in [-0.2, -0.15) is 0 Å². The van der Waals surface area contributed by atoms with Crippen LogP contribution in [-0.4, -0.2) is 37.2 Å². The second-order valence-corrected chi connectivity index (χ2v) is 7.26. The number of hydrogen-bond acceptors (Lipinski definition) is 5. The summed E-state index contributed by atoms with van der Waals surface area (Å²) in [6, 6.07) is 4.02. The van der Waals surface area contributed by atoms with Gasteiger partial charge in [0.25, 0.3) is 5.91 Å². The van der Waals surface area contributed by atoms with Crippen LogP contribution < -0.4 is 15.4 Å². The summed E-state index contributed by atoms with van der Waals surface area (Å²) >= 11 is 11.7. The number of carbonyl (C=O) groups excluding carboxylic acids is 3. The lowest BCUT2D eigenvalue weighted by Gasteiger charge is -2.29. The van der Waals surface area contributed by atoms with Crippen LogP contribution in [-0.2, 0) is 14.3 Å². The number of carbonyl (C=O) groups is 3. The Balaban J connectivity index is 1.66. The van der Waals surface area contributed by atoms with E-state index < -0.39 is 31.1 Å². The summed E-state index contributed by atoms with van der Waals surface area (Å²) in [7, 11) is 0. The fourth-order valence-corrected chi connectivity index (χ4v) is 3.28. The molecule has 0 saturated heterocycles. The molecule has 0 aromatic heterocycles. The zero-order valence-corrected chi connectivity index (χ0v) is 16.4. The maximum absolute atomic E-state index is 11.9. The summed E-state index contributed by atoms with van der Waals surface area (Å²) in [5.74, 6) is -0.843. The molecule has 1 saturated carbocycles.